The van der Waals surface area contributed by atoms with Gasteiger partial charge in [0.2, 0.25) is 0 Å². The summed E-state index contributed by atoms with van der Waals surface area (Å²) in [5.74, 6) is -1.03. The molecule has 62 heavy (non-hydrogen) atoms. The van der Waals surface area contributed by atoms with Crippen LogP contribution >= 0.6 is 0 Å². The minimum atomic E-state index is -0.824. The van der Waals surface area contributed by atoms with Crippen molar-refractivity contribution in [1.29, 1.82) is 0 Å². The van der Waals surface area contributed by atoms with Gasteiger partial charge in [-0.05, 0) is 109 Å². The third kappa shape index (κ3) is 47.4. The molecule has 0 N–H and O–H groups in total. The summed E-state index contributed by atoms with van der Waals surface area (Å²) in [7, 11) is 0. The highest BCUT2D eigenvalue weighted by Crippen LogP contribution is 2.12. The number of ether oxygens (including phenoxy) is 3. The van der Waals surface area contributed by atoms with Crippen molar-refractivity contribution in [2.45, 2.75) is 226 Å². The molecule has 0 fully saturated rings. The lowest BCUT2D eigenvalue weighted by Gasteiger charge is -2.18. The van der Waals surface area contributed by atoms with Crippen LogP contribution in [-0.4, -0.2) is 37.2 Å². The van der Waals surface area contributed by atoms with E-state index in [2.05, 4.69) is 106 Å². The highest BCUT2D eigenvalue weighted by molar-refractivity contribution is 5.71. The first-order valence-corrected chi connectivity index (χ1v) is 25.2. The number of hydrogen-bond donors (Lipinski definition) is 0. The molecule has 1 atom stereocenters. The third-order valence-corrected chi connectivity index (χ3v) is 10.3. The summed E-state index contributed by atoms with van der Waals surface area (Å²) in [6.07, 6.45) is 65.4. The van der Waals surface area contributed by atoms with E-state index in [-0.39, 0.29) is 31.6 Å². The number of rotatable bonds is 44. The lowest BCUT2D eigenvalue weighted by atomic mass is 10.1. The molecule has 352 valence electrons. The van der Waals surface area contributed by atoms with E-state index in [4.69, 9.17) is 14.2 Å². The zero-order valence-corrected chi connectivity index (χ0v) is 40.1. The Morgan fingerprint density at radius 2 is 0.661 bits per heavy atom. The van der Waals surface area contributed by atoms with Gasteiger partial charge in [0.25, 0.3) is 0 Å². The van der Waals surface area contributed by atoms with E-state index in [1.54, 1.807) is 0 Å². The monoisotopic (exact) mass is 861 g/mol. The molecule has 0 saturated carbocycles. The fourth-order valence-corrected chi connectivity index (χ4v) is 6.51. The third-order valence-electron chi connectivity index (χ3n) is 10.3. The number of esters is 3. The maximum absolute atomic E-state index is 12.7. The fourth-order valence-electron chi connectivity index (χ4n) is 6.51. The van der Waals surface area contributed by atoms with Crippen LogP contribution in [0.3, 0.4) is 0 Å². The lowest BCUT2D eigenvalue weighted by molar-refractivity contribution is -0.166. The van der Waals surface area contributed by atoms with Gasteiger partial charge in [-0.2, -0.15) is 0 Å². The van der Waals surface area contributed by atoms with Crippen LogP contribution in [0.5, 0.6) is 0 Å². The Morgan fingerprint density at radius 3 is 1.06 bits per heavy atom. The number of hydrogen-bond acceptors (Lipinski definition) is 6. The predicted octanol–water partition coefficient (Wildman–Crippen LogP) is 16.6. The molecule has 0 amide bonds. The van der Waals surface area contributed by atoms with E-state index >= 15 is 0 Å². The molecule has 0 aliphatic heterocycles. The Hall–Kier alpha value is -3.67. The average Bonchev–Trinajstić information content (AvgIpc) is 3.27. The van der Waals surface area contributed by atoms with Crippen LogP contribution in [0.1, 0.15) is 220 Å². The van der Waals surface area contributed by atoms with Gasteiger partial charge in [-0.25, -0.2) is 0 Å². The molecule has 0 radical (unpaired) electrons. The van der Waals surface area contributed by atoms with Crippen molar-refractivity contribution in [1.82, 2.24) is 0 Å². The second-order valence-corrected chi connectivity index (χ2v) is 16.3. The van der Waals surface area contributed by atoms with E-state index < -0.39 is 12.1 Å². The summed E-state index contributed by atoms with van der Waals surface area (Å²) < 4.78 is 16.7. The van der Waals surface area contributed by atoms with Crippen molar-refractivity contribution in [2.75, 3.05) is 13.2 Å². The highest BCUT2D eigenvalue weighted by Gasteiger charge is 2.19. The topological polar surface area (TPSA) is 78.9 Å². The van der Waals surface area contributed by atoms with E-state index in [1.807, 2.05) is 12.2 Å². The standard InChI is InChI=1S/C56H92O6/c1-4-7-10-13-16-19-22-25-26-27-28-29-30-32-34-37-40-43-46-49-55(58)61-52-53(51-60-54(57)48-45-42-39-36-33-24-21-18-15-12-9-6-3)62-56(59)50-47-44-41-38-35-31-23-20-17-14-11-8-5-2/h8,11,16-21,25-26,28-29,31,35,41,44,53H,4-7,9-10,12-15,22-24,27,30,32-34,36-40,42-43,45-52H2,1-3H3/b11-8-,19-16-,20-17-,21-18-,26-25-,29-28-,35-31-,44-41-. The van der Waals surface area contributed by atoms with Crippen LogP contribution in [0.4, 0.5) is 0 Å². The first-order valence-electron chi connectivity index (χ1n) is 25.2. The second-order valence-electron chi connectivity index (χ2n) is 16.3. The molecule has 0 spiro atoms. The quantitative estimate of drug-likeness (QED) is 0.0263. The Labute approximate surface area is 381 Å². The molecule has 1 unspecified atom stereocenters. The second kappa shape index (κ2) is 50.0. The molecule has 0 aromatic heterocycles. The minimum Gasteiger partial charge on any atom is -0.462 e. The van der Waals surface area contributed by atoms with Crippen LogP contribution in [0.25, 0.3) is 0 Å². The van der Waals surface area contributed by atoms with Crippen molar-refractivity contribution in [3.05, 3.63) is 97.2 Å². The summed E-state index contributed by atoms with van der Waals surface area (Å²) in [4.78, 5) is 37.9. The molecule has 0 aliphatic carbocycles. The number of unbranched alkanes of at least 4 members (excludes halogenated alkanes) is 17. The smallest absolute Gasteiger partial charge is 0.306 e. The van der Waals surface area contributed by atoms with Crippen LogP contribution in [0, 0.1) is 0 Å². The van der Waals surface area contributed by atoms with Gasteiger partial charge < -0.3 is 14.2 Å². The predicted molar refractivity (Wildman–Crippen MR) is 265 cm³/mol. The maximum Gasteiger partial charge on any atom is 0.306 e. The zero-order valence-electron chi connectivity index (χ0n) is 40.1. The van der Waals surface area contributed by atoms with Gasteiger partial charge in [-0.3, -0.25) is 14.4 Å². The van der Waals surface area contributed by atoms with Crippen molar-refractivity contribution in [3.8, 4) is 0 Å². The van der Waals surface area contributed by atoms with Gasteiger partial charge in [-0.15, -0.1) is 0 Å². The molecule has 0 aliphatic rings. The van der Waals surface area contributed by atoms with E-state index in [0.29, 0.717) is 19.3 Å². The van der Waals surface area contributed by atoms with E-state index in [0.717, 1.165) is 103 Å². The van der Waals surface area contributed by atoms with Gasteiger partial charge >= 0.3 is 17.9 Å². The molecule has 0 aromatic rings. The molecule has 0 bridgehead atoms. The molecular weight excluding hydrogens is 769 g/mol. The molecule has 0 heterocycles. The molecule has 6 nitrogen and oxygen atoms in total. The van der Waals surface area contributed by atoms with Crippen molar-refractivity contribution < 1.29 is 28.6 Å². The van der Waals surface area contributed by atoms with Crippen molar-refractivity contribution in [2.24, 2.45) is 0 Å². The van der Waals surface area contributed by atoms with Gasteiger partial charge in [0.15, 0.2) is 6.10 Å². The molecule has 0 rings (SSSR count). The van der Waals surface area contributed by atoms with E-state index in [1.165, 1.54) is 70.6 Å². The Morgan fingerprint density at radius 1 is 0.339 bits per heavy atom. The van der Waals surface area contributed by atoms with Crippen LogP contribution in [0.15, 0.2) is 97.2 Å². The molecule has 0 aromatic carbocycles. The van der Waals surface area contributed by atoms with E-state index in [9.17, 15) is 14.4 Å². The van der Waals surface area contributed by atoms with Gasteiger partial charge in [0.1, 0.15) is 13.2 Å². The number of allylic oxidation sites excluding steroid dienone is 16. The maximum atomic E-state index is 12.7. The summed E-state index contributed by atoms with van der Waals surface area (Å²) in [5, 5.41) is 0. The summed E-state index contributed by atoms with van der Waals surface area (Å²) >= 11 is 0. The normalized spacial score (nSPS) is 12.9. The molecule has 0 saturated heterocycles. The average molecular weight is 861 g/mol. The number of carbonyl (C=O) groups is 3. The first-order chi connectivity index (χ1) is 30.5. The molecular formula is C56H92O6. The van der Waals surface area contributed by atoms with Gasteiger partial charge in [-0.1, -0.05) is 189 Å². The SMILES string of the molecule is CC/C=C\C/C=C\C/C=C\C/C=C\CCC(=O)OC(COC(=O)CCCCCCC/C=C\CCCCC)COC(=O)CCCCCCCC/C=C\C/C=C\C/C=C\CCCCC. The van der Waals surface area contributed by atoms with Gasteiger partial charge in [0.05, 0.1) is 0 Å². The first kappa shape index (κ1) is 58.3. The van der Waals surface area contributed by atoms with Crippen molar-refractivity contribution in [3.63, 3.8) is 0 Å². The van der Waals surface area contributed by atoms with Crippen LogP contribution in [0.2, 0.25) is 0 Å². The summed E-state index contributed by atoms with van der Waals surface area (Å²) in [6.45, 7) is 6.37. The summed E-state index contributed by atoms with van der Waals surface area (Å²) in [5.41, 5.74) is 0. The Bertz CT molecular complexity index is 1260. The van der Waals surface area contributed by atoms with Crippen LogP contribution < -0.4 is 0 Å². The number of carbonyl (C=O) groups excluding carboxylic acids is 3. The lowest BCUT2D eigenvalue weighted by Crippen LogP contribution is -2.30. The fraction of sp³-hybridized carbons (Fsp3) is 0.661. The van der Waals surface area contributed by atoms with Crippen LogP contribution in [-0.2, 0) is 28.6 Å². The zero-order chi connectivity index (χ0) is 45.1. The van der Waals surface area contributed by atoms with Gasteiger partial charge in [0, 0.05) is 19.3 Å². The minimum absolute atomic E-state index is 0.116. The summed E-state index contributed by atoms with van der Waals surface area (Å²) in [6, 6.07) is 0. The molecule has 6 heteroatoms. The Balaban J connectivity index is 4.48. The highest BCUT2D eigenvalue weighted by atomic mass is 16.6. The Kier molecular flexibility index (Phi) is 47.0. The largest absolute Gasteiger partial charge is 0.462 e. The van der Waals surface area contributed by atoms with Crippen molar-refractivity contribution >= 4 is 17.9 Å².